The largest absolute Gasteiger partial charge is 0.511 e. The third-order valence-corrected chi connectivity index (χ3v) is 4.48. The van der Waals surface area contributed by atoms with Crippen LogP contribution in [0, 0.1) is 6.92 Å². The van der Waals surface area contributed by atoms with Crippen molar-refractivity contribution in [1.29, 1.82) is 0 Å². The summed E-state index contributed by atoms with van der Waals surface area (Å²) in [5, 5.41) is 8.67. The maximum atomic E-state index is 10.6. The van der Waals surface area contributed by atoms with Gasteiger partial charge in [-0.3, -0.25) is 0 Å². The lowest BCUT2D eigenvalue weighted by atomic mass is 9.81. The molecule has 0 bridgehead atoms. The Balaban J connectivity index is 2.49. The molecule has 3 nitrogen and oxygen atoms in total. The molecule has 0 spiro atoms. The molecule has 1 aromatic rings. The van der Waals surface area contributed by atoms with Gasteiger partial charge in [0.2, 0.25) is 0 Å². The SMILES string of the molecule is Cc1c(OC(=O)O)ccc2c1SCCC2(C)C. The lowest BCUT2D eigenvalue weighted by Gasteiger charge is -2.33. The first kappa shape index (κ1) is 12.3. The minimum atomic E-state index is -1.26. The fourth-order valence-electron chi connectivity index (χ4n) is 2.14. The third kappa shape index (κ3) is 2.27. The Morgan fingerprint density at radius 2 is 2.18 bits per heavy atom. The zero-order valence-electron chi connectivity index (χ0n) is 10.2. The molecular weight excluding hydrogens is 236 g/mol. The van der Waals surface area contributed by atoms with Crippen LogP contribution in [-0.4, -0.2) is 17.0 Å². The van der Waals surface area contributed by atoms with Gasteiger partial charge in [0.1, 0.15) is 5.75 Å². The van der Waals surface area contributed by atoms with Crippen molar-refractivity contribution in [2.24, 2.45) is 0 Å². The summed E-state index contributed by atoms with van der Waals surface area (Å²) in [5.74, 6) is 1.51. The first-order valence-corrected chi connectivity index (χ1v) is 6.58. The summed E-state index contributed by atoms with van der Waals surface area (Å²) in [6.45, 7) is 6.37. The molecule has 2 rings (SSSR count). The summed E-state index contributed by atoms with van der Waals surface area (Å²) in [6.07, 6.45) is -0.114. The minimum absolute atomic E-state index is 0.160. The monoisotopic (exact) mass is 252 g/mol. The van der Waals surface area contributed by atoms with E-state index in [1.165, 1.54) is 10.5 Å². The van der Waals surface area contributed by atoms with E-state index in [4.69, 9.17) is 9.84 Å². The highest BCUT2D eigenvalue weighted by Gasteiger charge is 2.29. The van der Waals surface area contributed by atoms with Crippen molar-refractivity contribution in [3.8, 4) is 5.75 Å². The van der Waals surface area contributed by atoms with Crippen molar-refractivity contribution in [2.75, 3.05) is 5.75 Å². The van der Waals surface area contributed by atoms with Gasteiger partial charge in [0.05, 0.1) is 0 Å². The van der Waals surface area contributed by atoms with E-state index in [0.717, 1.165) is 17.7 Å². The van der Waals surface area contributed by atoms with Crippen molar-refractivity contribution in [3.63, 3.8) is 0 Å². The van der Waals surface area contributed by atoms with E-state index in [-0.39, 0.29) is 5.41 Å². The highest BCUT2D eigenvalue weighted by molar-refractivity contribution is 7.99. The van der Waals surface area contributed by atoms with E-state index in [9.17, 15) is 4.79 Å². The number of hydrogen-bond donors (Lipinski definition) is 1. The van der Waals surface area contributed by atoms with E-state index in [1.807, 2.05) is 13.0 Å². The molecule has 1 aliphatic rings. The maximum absolute atomic E-state index is 10.6. The number of benzene rings is 1. The quantitative estimate of drug-likeness (QED) is 0.609. The van der Waals surface area contributed by atoms with Crippen molar-refractivity contribution in [2.45, 2.75) is 37.5 Å². The van der Waals surface area contributed by atoms with E-state index in [0.29, 0.717) is 5.75 Å². The van der Waals surface area contributed by atoms with Crippen LogP contribution in [0.15, 0.2) is 17.0 Å². The van der Waals surface area contributed by atoms with Gasteiger partial charge in [-0.1, -0.05) is 19.9 Å². The van der Waals surface area contributed by atoms with Crippen LogP contribution in [0.2, 0.25) is 0 Å². The second-order valence-electron chi connectivity index (χ2n) is 4.92. The molecule has 0 aromatic heterocycles. The zero-order valence-corrected chi connectivity index (χ0v) is 11.1. The highest BCUT2D eigenvalue weighted by atomic mass is 32.2. The first-order valence-electron chi connectivity index (χ1n) is 5.59. The van der Waals surface area contributed by atoms with Crippen LogP contribution in [0.4, 0.5) is 4.79 Å². The summed E-state index contributed by atoms with van der Waals surface area (Å²) >= 11 is 1.79. The standard InChI is InChI=1S/C13H16O3S/c1-8-10(16-12(14)15)5-4-9-11(8)17-7-6-13(9,2)3/h4-5H,6-7H2,1-3H3,(H,14,15). The lowest BCUT2D eigenvalue weighted by Crippen LogP contribution is -2.23. The summed E-state index contributed by atoms with van der Waals surface area (Å²) in [4.78, 5) is 11.8. The number of fused-ring (bicyclic) bond motifs is 1. The van der Waals surface area contributed by atoms with Gasteiger partial charge in [-0.15, -0.1) is 11.8 Å². The Hall–Kier alpha value is -1.16. The van der Waals surface area contributed by atoms with Crippen LogP contribution in [0.1, 0.15) is 31.4 Å². The molecule has 0 saturated carbocycles. The van der Waals surface area contributed by atoms with Gasteiger partial charge in [-0.2, -0.15) is 0 Å². The van der Waals surface area contributed by atoms with Crippen molar-refractivity contribution < 1.29 is 14.6 Å². The lowest BCUT2D eigenvalue weighted by molar-refractivity contribution is 0.144. The predicted molar refractivity (Wildman–Crippen MR) is 68.2 cm³/mol. The molecule has 1 aromatic carbocycles. The maximum Gasteiger partial charge on any atom is 0.511 e. The Morgan fingerprint density at radius 3 is 2.82 bits per heavy atom. The first-order chi connectivity index (χ1) is 7.92. The Labute approximate surface area is 105 Å². The molecule has 0 unspecified atom stereocenters. The smallest absolute Gasteiger partial charge is 0.449 e. The van der Waals surface area contributed by atoms with Gasteiger partial charge in [-0.25, -0.2) is 4.79 Å². The summed E-state index contributed by atoms with van der Waals surface area (Å²) < 4.78 is 4.78. The number of ether oxygens (including phenoxy) is 1. The topological polar surface area (TPSA) is 46.5 Å². The van der Waals surface area contributed by atoms with Crippen molar-refractivity contribution in [3.05, 3.63) is 23.3 Å². The van der Waals surface area contributed by atoms with E-state index < -0.39 is 6.16 Å². The van der Waals surface area contributed by atoms with Gasteiger partial charge < -0.3 is 9.84 Å². The average Bonchev–Trinajstić information content (AvgIpc) is 2.21. The molecule has 1 N–H and O–H groups in total. The fraction of sp³-hybridized carbons (Fsp3) is 0.462. The molecular formula is C13H16O3S. The fourth-order valence-corrected chi connectivity index (χ4v) is 3.77. The summed E-state index contributed by atoms with van der Waals surface area (Å²) in [7, 11) is 0. The van der Waals surface area contributed by atoms with Crippen molar-refractivity contribution >= 4 is 17.9 Å². The number of rotatable bonds is 1. The highest BCUT2D eigenvalue weighted by Crippen LogP contribution is 2.45. The normalized spacial score (nSPS) is 17.4. The molecule has 0 amide bonds. The Bertz CT molecular complexity index is 466. The van der Waals surface area contributed by atoms with Crippen LogP contribution >= 0.6 is 11.8 Å². The van der Waals surface area contributed by atoms with Crippen LogP contribution in [0.5, 0.6) is 5.75 Å². The van der Waals surface area contributed by atoms with Crippen LogP contribution in [0.3, 0.4) is 0 Å². The number of hydrogen-bond acceptors (Lipinski definition) is 3. The predicted octanol–water partition coefficient (Wildman–Crippen LogP) is 3.83. The van der Waals surface area contributed by atoms with Crippen LogP contribution in [0.25, 0.3) is 0 Å². The Kier molecular flexibility index (Phi) is 3.08. The summed E-state index contributed by atoms with van der Waals surface area (Å²) in [6, 6.07) is 3.75. The van der Waals surface area contributed by atoms with E-state index >= 15 is 0 Å². The molecule has 92 valence electrons. The van der Waals surface area contributed by atoms with Gasteiger partial charge in [-0.05, 0) is 36.1 Å². The van der Waals surface area contributed by atoms with E-state index in [1.54, 1.807) is 17.8 Å². The third-order valence-electron chi connectivity index (χ3n) is 3.26. The van der Waals surface area contributed by atoms with E-state index in [2.05, 4.69) is 13.8 Å². The molecule has 0 aliphatic carbocycles. The van der Waals surface area contributed by atoms with Gasteiger partial charge in [0.25, 0.3) is 0 Å². The second-order valence-corrected chi connectivity index (χ2v) is 6.02. The zero-order chi connectivity index (χ0) is 12.6. The molecule has 0 fully saturated rings. The van der Waals surface area contributed by atoms with Crippen LogP contribution < -0.4 is 4.74 Å². The molecule has 17 heavy (non-hydrogen) atoms. The number of carboxylic acid groups (broad SMARTS) is 1. The molecule has 0 saturated heterocycles. The molecule has 0 atom stereocenters. The number of thioether (sulfide) groups is 1. The molecule has 4 heteroatoms. The Morgan fingerprint density at radius 1 is 1.47 bits per heavy atom. The van der Waals surface area contributed by atoms with Gasteiger partial charge in [0.15, 0.2) is 0 Å². The molecule has 0 radical (unpaired) electrons. The molecule has 1 heterocycles. The van der Waals surface area contributed by atoms with Crippen molar-refractivity contribution in [1.82, 2.24) is 0 Å². The van der Waals surface area contributed by atoms with Gasteiger partial charge in [0, 0.05) is 10.5 Å². The average molecular weight is 252 g/mol. The second kappa shape index (κ2) is 4.26. The molecule has 1 aliphatic heterocycles. The number of carbonyl (C=O) groups is 1. The van der Waals surface area contributed by atoms with Crippen LogP contribution in [-0.2, 0) is 5.41 Å². The summed E-state index contributed by atoms with van der Waals surface area (Å²) in [5.41, 5.74) is 2.39. The minimum Gasteiger partial charge on any atom is -0.449 e. The van der Waals surface area contributed by atoms with Gasteiger partial charge >= 0.3 is 6.16 Å².